The highest BCUT2D eigenvalue weighted by atomic mass is 14.8. The van der Waals surface area contributed by atoms with Gasteiger partial charge in [0.15, 0.2) is 0 Å². The van der Waals surface area contributed by atoms with E-state index < -0.39 is 0 Å². The van der Waals surface area contributed by atoms with Crippen LogP contribution in [0, 0.1) is 0 Å². The Bertz CT molecular complexity index is 6630. The van der Waals surface area contributed by atoms with Gasteiger partial charge in [-0.1, -0.05) is 188 Å². The van der Waals surface area contributed by atoms with E-state index in [4.69, 9.17) is 24.9 Å². The van der Waals surface area contributed by atoms with Crippen molar-refractivity contribution in [2.45, 2.75) is 0 Å². The Kier molecular flexibility index (Phi) is 14.0. The van der Waals surface area contributed by atoms with Crippen molar-refractivity contribution in [1.29, 1.82) is 0 Å². The topological polar surface area (TPSA) is 129 Å². The van der Waals surface area contributed by atoms with Crippen molar-refractivity contribution in [1.82, 2.24) is 49.8 Å². The van der Waals surface area contributed by atoms with Gasteiger partial charge in [-0.2, -0.15) is 0 Å². The molecule has 0 N–H and O–H groups in total. The maximum atomic E-state index is 5.04. The quantitative estimate of drug-likeness (QED) is 0.136. The second kappa shape index (κ2) is 24.2. The minimum absolute atomic E-state index is 0.870. The molecule has 0 spiro atoms. The maximum Gasteiger partial charge on any atom is 0.0972 e. The molecule has 10 nitrogen and oxygen atoms in total. The van der Waals surface area contributed by atoms with Gasteiger partial charge in [-0.05, 0) is 153 Å². The summed E-state index contributed by atoms with van der Waals surface area (Å²) in [5, 5.41) is 13.3. The second-order valence-corrected chi connectivity index (χ2v) is 25.2. The Labute approximate surface area is 573 Å². The summed E-state index contributed by atoms with van der Waals surface area (Å²) in [5.41, 5.74) is 23.8. The van der Waals surface area contributed by atoms with Gasteiger partial charge in [0.1, 0.15) is 0 Å². The molecule has 0 fully saturated rings. The molecule has 20 rings (SSSR count). The molecule has 0 atom stereocenters. The molecule has 20 aromatic rings. The van der Waals surface area contributed by atoms with Crippen LogP contribution in [0.2, 0.25) is 0 Å². The zero-order valence-electron chi connectivity index (χ0n) is 53.6. The third-order valence-corrected chi connectivity index (χ3v) is 19.1. The number of fused-ring (bicyclic) bond motifs is 12. The van der Waals surface area contributed by atoms with Crippen molar-refractivity contribution in [2.75, 3.05) is 0 Å². The molecule has 464 valence electrons. The van der Waals surface area contributed by atoms with Crippen molar-refractivity contribution >= 4 is 109 Å². The van der Waals surface area contributed by atoms with Crippen LogP contribution in [0.15, 0.2) is 328 Å². The van der Waals surface area contributed by atoms with Crippen molar-refractivity contribution in [2.24, 2.45) is 0 Å². The van der Waals surface area contributed by atoms with Crippen molar-refractivity contribution < 1.29 is 0 Å². The van der Waals surface area contributed by atoms with Crippen molar-refractivity contribution in [3.05, 3.63) is 328 Å². The summed E-state index contributed by atoms with van der Waals surface area (Å²) in [7, 11) is 0. The zero-order valence-corrected chi connectivity index (χ0v) is 53.6. The first-order chi connectivity index (χ1) is 49.4. The molecule has 10 heterocycles. The van der Waals surface area contributed by atoms with Gasteiger partial charge in [0.25, 0.3) is 0 Å². The molecular weight excluding hydrogens is 1220 g/mol. The molecule has 0 aliphatic heterocycles. The van der Waals surface area contributed by atoms with Gasteiger partial charge in [-0.15, -0.1) is 0 Å². The number of aromatic nitrogens is 10. The fraction of sp³-hybridized carbons (Fsp3) is 0. The van der Waals surface area contributed by atoms with Crippen LogP contribution >= 0.6 is 0 Å². The molecule has 10 aromatic carbocycles. The first-order valence-electron chi connectivity index (χ1n) is 33.3. The normalized spacial score (nSPS) is 11.6. The number of rotatable bonds is 8. The molecule has 0 saturated heterocycles. The molecule has 0 radical (unpaired) electrons. The van der Waals surface area contributed by atoms with Gasteiger partial charge in [-0.25, -0.2) is 24.9 Å². The Morgan fingerprint density at radius 1 is 0.170 bits per heavy atom. The van der Waals surface area contributed by atoms with E-state index in [9.17, 15) is 0 Å². The van der Waals surface area contributed by atoms with E-state index in [1.165, 1.54) is 0 Å². The van der Waals surface area contributed by atoms with Crippen LogP contribution in [0.25, 0.3) is 199 Å². The largest absolute Gasteiger partial charge is 0.254 e. The summed E-state index contributed by atoms with van der Waals surface area (Å²) in [5.74, 6) is 0. The Morgan fingerprint density at radius 3 is 0.980 bits per heavy atom. The molecule has 0 unspecified atom stereocenters. The van der Waals surface area contributed by atoms with Crippen LogP contribution in [-0.2, 0) is 0 Å². The standard InChI is InChI=1S/2C45H27N5/c1-2-5-36-27-48-43(26-31(36)4-1)42-20-15-35-25-33(13-18-41(35)50-42)32-12-17-40-34(24-32)14-19-39(49-40)29-9-7-28(8-10-29)37-21-23-47-45-38(37)16-11-30-6-3-22-46-44(30)45;1-2-5-37-27-47-43(26-32(37)4-1)42-22-17-36-25-34(15-20-41(36)49-42)33-14-19-40-35(24-33)16-21-38(48-40)28-7-9-29(10-8-28)39-18-13-31-12-11-30-6-3-23-46-44(30)45(31)50-39/h2*1-27H. The minimum Gasteiger partial charge on any atom is -0.254 e. The van der Waals surface area contributed by atoms with E-state index in [2.05, 4.69) is 286 Å². The van der Waals surface area contributed by atoms with E-state index in [0.717, 1.165) is 199 Å². The van der Waals surface area contributed by atoms with Crippen LogP contribution in [0.1, 0.15) is 0 Å². The molecule has 10 heteroatoms. The van der Waals surface area contributed by atoms with Gasteiger partial charge >= 0.3 is 0 Å². The second-order valence-electron chi connectivity index (χ2n) is 25.2. The van der Waals surface area contributed by atoms with E-state index in [0.29, 0.717) is 0 Å². The molecule has 100 heavy (non-hydrogen) atoms. The maximum absolute atomic E-state index is 5.04. The number of nitrogens with zero attached hydrogens (tertiary/aromatic N) is 10. The SMILES string of the molecule is c1ccc2cc(-c3ccc4cc(-c5ccc6nc(-c7ccc(-c8ccc9ccc%10cccnc%10c9n8)cc7)ccc6c5)ccc4n3)ncc2c1.c1ccc2cc(-c3ccc4cc(-c5ccc6nc(-c7ccc(-c8ccnc9c8ccc8cccnc89)cc7)ccc6c5)ccc4n3)ncc2c1. The van der Waals surface area contributed by atoms with Gasteiger partial charge < -0.3 is 0 Å². The third kappa shape index (κ3) is 10.7. The molecule has 0 bridgehead atoms. The predicted octanol–water partition coefficient (Wildman–Crippen LogP) is 22.2. The molecule has 0 aliphatic rings. The van der Waals surface area contributed by atoms with Crippen LogP contribution in [-0.4, -0.2) is 49.8 Å². The highest BCUT2D eigenvalue weighted by Crippen LogP contribution is 2.37. The van der Waals surface area contributed by atoms with Crippen molar-refractivity contribution in [3.8, 4) is 89.9 Å². The summed E-state index contributed by atoms with van der Waals surface area (Å²) in [6.45, 7) is 0. The summed E-state index contributed by atoms with van der Waals surface area (Å²) in [6.07, 6.45) is 9.34. The number of hydrogen-bond acceptors (Lipinski definition) is 10. The van der Waals surface area contributed by atoms with Gasteiger partial charge in [-0.3, -0.25) is 24.9 Å². The van der Waals surface area contributed by atoms with Crippen LogP contribution in [0.5, 0.6) is 0 Å². The summed E-state index contributed by atoms with van der Waals surface area (Å²) in [4.78, 5) is 48.2. The fourth-order valence-corrected chi connectivity index (χ4v) is 13.8. The number of benzene rings is 10. The summed E-state index contributed by atoms with van der Waals surface area (Å²) >= 11 is 0. The van der Waals surface area contributed by atoms with Crippen molar-refractivity contribution in [3.63, 3.8) is 0 Å². The minimum atomic E-state index is 0.870. The van der Waals surface area contributed by atoms with Gasteiger partial charge in [0.2, 0.25) is 0 Å². The fourth-order valence-electron chi connectivity index (χ4n) is 13.8. The molecular formula is C90H54N10. The highest BCUT2D eigenvalue weighted by molar-refractivity contribution is 6.08. The van der Waals surface area contributed by atoms with E-state index in [1.54, 1.807) is 0 Å². The number of pyridine rings is 10. The van der Waals surface area contributed by atoms with Crippen LogP contribution < -0.4 is 0 Å². The summed E-state index contributed by atoms with van der Waals surface area (Å²) in [6, 6.07) is 103. The van der Waals surface area contributed by atoms with Gasteiger partial charge in [0, 0.05) is 102 Å². The Hall–Kier alpha value is -13.7. The average Bonchev–Trinajstić information content (AvgIpc) is 0.798. The summed E-state index contributed by atoms with van der Waals surface area (Å²) < 4.78 is 0. The Balaban J connectivity index is 0.000000139. The Morgan fingerprint density at radius 2 is 0.510 bits per heavy atom. The van der Waals surface area contributed by atoms with Crippen LogP contribution in [0.3, 0.4) is 0 Å². The first-order valence-corrected chi connectivity index (χ1v) is 33.3. The predicted molar refractivity (Wildman–Crippen MR) is 409 cm³/mol. The van der Waals surface area contributed by atoms with Crippen LogP contribution in [0.4, 0.5) is 0 Å². The lowest BCUT2D eigenvalue weighted by Crippen LogP contribution is -1.90. The lowest BCUT2D eigenvalue weighted by molar-refractivity contribution is 1.29. The monoisotopic (exact) mass is 1270 g/mol. The zero-order chi connectivity index (χ0) is 66.0. The van der Waals surface area contributed by atoms with Gasteiger partial charge in [0.05, 0.1) is 84.0 Å². The van der Waals surface area contributed by atoms with E-state index in [-0.39, 0.29) is 0 Å². The van der Waals surface area contributed by atoms with E-state index in [1.807, 2.05) is 67.4 Å². The highest BCUT2D eigenvalue weighted by Gasteiger charge is 2.15. The third-order valence-electron chi connectivity index (χ3n) is 19.1. The smallest absolute Gasteiger partial charge is 0.0972 e. The number of hydrogen-bond donors (Lipinski definition) is 0. The lowest BCUT2D eigenvalue weighted by atomic mass is 9.98. The first kappa shape index (κ1) is 57.7. The van der Waals surface area contributed by atoms with E-state index >= 15 is 0 Å². The lowest BCUT2D eigenvalue weighted by Gasteiger charge is -2.10. The molecule has 0 aliphatic carbocycles. The molecule has 0 saturated carbocycles. The molecule has 10 aromatic heterocycles. The average molecular weight is 1280 g/mol. The molecule has 0 amide bonds.